The third-order valence-electron chi connectivity index (χ3n) is 2.11. The lowest BCUT2D eigenvalue weighted by atomic mass is 10.5. The first-order valence-electron chi connectivity index (χ1n) is 6.94. The molecule has 0 rings (SSSR count). The van der Waals surface area contributed by atoms with Crippen LogP contribution in [0.25, 0.3) is 0 Å². The molecule has 8 heteroatoms. The molecule has 0 aliphatic heterocycles. The molecule has 0 atom stereocenters. The van der Waals surface area contributed by atoms with E-state index >= 15 is 0 Å². The summed E-state index contributed by atoms with van der Waals surface area (Å²) in [5, 5.41) is 2.65. The molecule has 124 valence electrons. The van der Waals surface area contributed by atoms with E-state index in [-0.39, 0.29) is 24.9 Å². The van der Waals surface area contributed by atoms with Gasteiger partial charge in [-0.25, -0.2) is 0 Å². The van der Waals surface area contributed by atoms with Crippen LogP contribution in [0.3, 0.4) is 0 Å². The first-order chi connectivity index (χ1) is 10.2. The van der Waals surface area contributed by atoms with Crippen molar-refractivity contribution in [3.8, 4) is 0 Å². The fourth-order valence-electron chi connectivity index (χ4n) is 1.22. The van der Waals surface area contributed by atoms with E-state index < -0.39 is 0 Å². The zero-order valence-electron chi connectivity index (χ0n) is 12.6. The minimum Gasteiger partial charge on any atom is -0.378 e. The average Bonchev–Trinajstić information content (AvgIpc) is 2.45. The third kappa shape index (κ3) is 16.9. The average molecular weight is 306 g/mol. The molecular formula is C13H26N2O6. The zero-order chi connectivity index (χ0) is 15.8. The Morgan fingerprint density at radius 1 is 0.857 bits per heavy atom. The van der Waals surface area contributed by atoms with E-state index in [1.54, 1.807) is 0 Å². The van der Waals surface area contributed by atoms with Gasteiger partial charge in [-0.3, -0.25) is 9.59 Å². The number of amides is 1. The lowest BCUT2D eigenvalue weighted by Gasteiger charge is -2.07. The lowest BCUT2D eigenvalue weighted by molar-refractivity contribution is -0.126. The highest BCUT2D eigenvalue weighted by atomic mass is 16.5. The summed E-state index contributed by atoms with van der Waals surface area (Å²) in [7, 11) is 0. The zero-order valence-corrected chi connectivity index (χ0v) is 12.6. The van der Waals surface area contributed by atoms with Gasteiger partial charge in [0.05, 0.1) is 39.6 Å². The van der Waals surface area contributed by atoms with Crippen LogP contribution in [0.2, 0.25) is 0 Å². The van der Waals surface area contributed by atoms with Crippen molar-refractivity contribution in [1.29, 1.82) is 0 Å². The quantitative estimate of drug-likeness (QED) is 0.363. The predicted octanol–water partition coefficient (Wildman–Crippen LogP) is -1.28. The number of carbonyl (C=O) groups excluding carboxylic acids is 2. The van der Waals surface area contributed by atoms with E-state index in [0.29, 0.717) is 52.7 Å². The van der Waals surface area contributed by atoms with Crippen LogP contribution in [-0.2, 0) is 28.5 Å². The van der Waals surface area contributed by atoms with Crippen molar-refractivity contribution < 1.29 is 28.5 Å². The van der Waals surface area contributed by atoms with Crippen molar-refractivity contribution in [2.75, 3.05) is 65.9 Å². The molecule has 0 aromatic heterocycles. The molecule has 21 heavy (non-hydrogen) atoms. The van der Waals surface area contributed by atoms with E-state index in [2.05, 4.69) is 5.32 Å². The highest BCUT2D eigenvalue weighted by Gasteiger charge is 2.00. The largest absolute Gasteiger partial charge is 0.378 e. The topological polar surface area (TPSA) is 109 Å². The highest BCUT2D eigenvalue weighted by Crippen LogP contribution is 1.81. The number of hydrogen-bond donors (Lipinski definition) is 2. The molecule has 0 saturated heterocycles. The van der Waals surface area contributed by atoms with E-state index in [9.17, 15) is 9.59 Å². The first-order valence-corrected chi connectivity index (χ1v) is 6.94. The van der Waals surface area contributed by atoms with Crippen molar-refractivity contribution in [2.24, 2.45) is 5.73 Å². The highest BCUT2D eigenvalue weighted by molar-refractivity contribution is 5.77. The number of ether oxygens (including phenoxy) is 4. The Bertz CT molecular complexity index is 275. The van der Waals surface area contributed by atoms with E-state index in [1.807, 2.05) is 0 Å². The van der Waals surface area contributed by atoms with Crippen LogP contribution in [-0.4, -0.2) is 77.6 Å². The fraction of sp³-hybridized carbons (Fsp3) is 0.846. The number of Topliss-reactive ketones (excluding diaryl/α,β-unsaturated/α-hetero) is 1. The molecular weight excluding hydrogens is 280 g/mol. The van der Waals surface area contributed by atoms with E-state index in [1.165, 1.54) is 6.92 Å². The van der Waals surface area contributed by atoms with Crippen LogP contribution in [0.5, 0.6) is 0 Å². The third-order valence-corrected chi connectivity index (χ3v) is 2.11. The van der Waals surface area contributed by atoms with Crippen LogP contribution in [0.1, 0.15) is 6.92 Å². The fourth-order valence-corrected chi connectivity index (χ4v) is 1.22. The van der Waals surface area contributed by atoms with Crippen molar-refractivity contribution in [2.45, 2.75) is 6.92 Å². The molecule has 0 saturated carbocycles. The van der Waals surface area contributed by atoms with Crippen LogP contribution in [0, 0.1) is 0 Å². The Morgan fingerprint density at radius 2 is 1.43 bits per heavy atom. The number of rotatable bonds is 15. The number of carbonyl (C=O) groups is 2. The van der Waals surface area contributed by atoms with Gasteiger partial charge in [0.15, 0.2) is 5.78 Å². The van der Waals surface area contributed by atoms with Gasteiger partial charge < -0.3 is 30.0 Å². The van der Waals surface area contributed by atoms with Crippen molar-refractivity contribution >= 4 is 11.7 Å². The minimum absolute atomic E-state index is 0.00624. The second-order valence-electron chi connectivity index (χ2n) is 4.17. The van der Waals surface area contributed by atoms with Gasteiger partial charge in [0.2, 0.25) is 5.91 Å². The summed E-state index contributed by atoms with van der Waals surface area (Å²) in [5.74, 6) is -0.221. The maximum absolute atomic E-state index is 11.3. The van der Waals surface area contributed by atoms with Crippen molar-refractivity contribution in [3.63, 3.8) is 0 Å². The summed E-state index contributed by atoms with van der Waals surface area (Å²) >= 11 is 0. The second kappa shape index (κ2) is 15.3. The summed E-state index contributed by atoms with van der Waals surface area (Å²) in [5.41, 5.74) is 5.25. The summed E-state index contributed by atoms with van der Waals surface area (Å²) in [4.78, 5) is 21.9. The van der Waals surface area contributed by atoms with Gasteiger partial charge >= 0.3 is 0 Å². The van der Waals surface area contributed by atoms with Gasteiger partial charge in [-0.05, 0) is 6.92 Å². The lowest BCUT2D eigenvalue weighted by Crippen LogP contribution is -2.31. The summed E-state index contributed by atoms with van der Waals surface area (Å²) in [6, 6.07) is 0. The van der Waals surface area contributed by atoms with Crippen molar-refractivity contribution in [1.82, 2.24) is 5.32 Å². The Kier molecular flexibility index (Phi) is 14.6. The van der Waals surface area contributed by atoms with Crippen LogP contribution >= 0.6 is 0 Å². The van der Waals surface area contributed by atoms with Gasteiger partial charge in [0.25, 0.3) is 0 Å². The molecule has 0 heterocycles. The molecule has 0 unspecified atom stereocenters. The Balaban J connectivity index is 3.17. The smallest absolute Gasteiger partial charge is 0.246 e. The predicted molar refractivity (Wildman–Crippen MR) is 76.0 cm³/mol. The van der Waals surface area contributed by atoms with Crippen LogP contribution in [0.15, 0.2) is 0 Å². The normalized spacial score (nSPS) is 10.6. The monoisotopic (exact) mass is 306 g/mol. The molecule has 8 nitrogen and oxygen atoms in total. The molecule has 0 radical (unpaired) electrons. The summed E-state index contributed by atoms with van der Waals surface area (Å²) in [6.45, 7) is 4.84. The maximum Gasteiger partial charge on any atom is 0.246 e. The Hall–Kier alpha value is -1.06. The maximum atomic E-state index is 11.3. The first kappa shape index (κ1) is 19.9. The minimum atomic E-state index is -0.203. The van der Waals surface area contributed by atoms with Gasteiger partial charge in [-0.1, -0.05) is 0 Å². The number of hydrogen-bond acceptors (Lipinski definition) is 7. The molecule has 0 aliphatic rings. The molecule has 0 aliphatic carbocycles. The molecule has 0 bridgehead atoms. The second-order valence-corrected chi connectivity index (χ2v) is 4.17. The molecule has 0 fully saturated rings. The number of nitrogens with two attached hydrogens (primary N) is 1. The van der Waals surface area contributed by atoms with Gasteiger partial charge in [0.1, 0.15) is 13.2 Å². The van der Waals surface area contributed by atoms with Crippen molar-refractivity contribution in [3.05, 3.63) is 0 Å². The van der Waals surface area contributed by atoms with Gasteiger partial charge in [-0.2, -0.15) is 0 Å². The van der Waals surface area contributed by atoms with Crippen LogP contribution in [0.4, 0.5) is 0 Å². The molecule has 3 N–H and O–H groups in total. The molecule has 0 aromatic carbocycles. The SMILES string of the molecule is CC(=O)COCCOCCNC(=O)COCCOCCN. The molecule has 0 aromatic rings. The van der Waals surface area contributed by atoms with E-state index in [0.717, 1.165) is 0 Å². The van der Waals surface area contributed by atoms with Crippen LogP contribution < -0.4 is 11.1 Å². The van der Waals surface area contributed by atoms with Gasteiger partial charge in [-0.15, -0.1) is 0 Å². The number of ketones is 1. The summed E-state index contributed by atoms with van der Waals surface area (Å²) in [6.07, 6.45) is 0. The standard InChI is InChI=1S/C13H26N2O6/c1-12(16)10-20-8-7-19-5-3-15-13(17)11-21-9-6-18-4-2-14/h2-11,14H2,1H3,(H,15,17). The molecule has 1 amide bonds. The number of nitrogens with one attached hydrogen (secondary N) is 1. The molecule has 0 spiro atoms. The van der Waals surface area contributed by atoms with E-state index in [4.69, 9.17) is 24.7 Å². The Labute approximate surface area is 125 Å². The van der Waals surface area contributed by atoms with Gasteiger partial charge in [0, 0.05) is 13.1 Å². The Morgan fingerprint density at radius 3 is 2.05 bits per heavy atom. The summed E-state index contributed by atoms with van der Waals surface area (Å²) < 4.78 is 20.4.